The van der Waals surface area contributed by atoms with Gasteiger partial charge in [0.1, 0.15) is 12.1 Å². The van der Waals surface area contributed by atoms with E-state index in [0.29, 0.717) is 40.6 Å². The molecular weight excluding hydrogens is 560 g/mol. The zero-order chi connectivity index (χ0) is 30.3. The number of aliphatic hydroxyl groups excluding tert-OH is 1. The highest BCUT2D eigenvalue weighted by atomic mass is 19.2. The number of fused-ring (bicyclic) bond motifs is 1. The summed E-state index contributed by atoms with van der Waals surface area (Å²) in [5, 5.41) is 16.6. The van der Waals surface area contributed by atoms with Crippen molar-refractivity contribution in [3.05, 3.63) is 60.1 Å². The van der Waals surface area contributed by atoms with Crippen LogP contribution in [0.3, 0.4) is 0 Å². The van der Waals surface area contributed by atoms with Crippen molar-refractivity contribution < 1.29 is 28.2 Å². The number of aliphatic hydroxyl groups is 1. The zero-order valence-corrected chi connectivity index (χ0v) is 23.9. The number of anilines is 3. The number of amides is 1. The van der Waals surface area contributed by atoms with Gasteiger partial charge in [-0.15, -0.1) is 0 Å². The average molecular weight is 596 g/mol. The molecule has 11 nitrogen and oxygen atoms in total. The molecule has 1 aliphatic heterocycles. The minimum atomic E-state index is -1.10. The second-order valence-electron chi connectivity index (χ2n) is 10.5. The van der Waals surface area contributed by atoms with E-state index in [-0.39, 0.29) is 30.4 Å². The number of H-pyrrole nitrogens is 1. The summed E-state index contributed by atoms with van der Waals surface area (Å²) in [6.45, 7) is 3.66. The molecule has 0 atom stereocenters. The van der Waals surface area contributed by atoms with Crippen molar-refractivity contribution in [3.8, 4) is 11.5 Å². The predicted octanol–water partition coefficient (Wildman–Crippen LogP) is 4.00. The van der Waals surface area contributed by atoms with Crippen molar-refractivity contribution in [2.75, 3.05) is 44.9 Å². The third kappa shape index (κ3) is 7.00. The fraction of sp³-hybridized carbons (Fsp3) is 0.400. The summed E-state index contributed by atoms with van der Waals surface area (Å²) in [5.74, 6) is -0.829. The number of likely N-dealkylation sites (tertiary alicyclic amines) is 1. The summed E-state index contributed by atoms with van der Waals surface area (Å²) in [6.07, 6.45) is 5.09. The second-order valence-corrected chi connectivity index (χ2v) is 10.5. The molecule has 0 spiro atoms. The second kappa shape index (κ2) is 13.7. The van der Waals surface area contributed by atoms with Gasteiger partial charge in [0, 0.05) is 36.4 Å². The number of aromatic amines is 1. The van der Waals surface area contributed by atoms with Crippen LogP contribution in [-0.4, -0.2) is 76.0 Å². The third-order valence-corrected chi connectivity index (χ3v) is 7.62. The van der Waals surface area contributed by atoms with Crippen LogP contribution in [0, 0.1) is 17.6 Å². The SMILES string of the molecule is COc1cc2c(N(c3cc(CC(N)=O)[nH]n3)c3cccc(F)c3F)ncnc2cc1OCCCN1CCC(CCO)CC1. The molecule has 1 fully saturated rings. The Balaban J connectivity index is 1.41. The number of methoxy groups -OCH3 is 1. The molecule has 2 aromatic carbocycles. The summed E-state index contributed by atoms with van der Waals surface area (Å²) in [7, 11) is 1.52. The lowest BCUT2D eigenvalue weighted by atomic mass is 9.94. The first kappa shape index (κ1) is 30.1. The van der Waals surface area contributed by atoms with E-state index in [1.165, 1.54) is 36.5 Å². The minimum Gasteiger partial charge on any atom is -0.493 e. The number of carbonyl (C=O) groups is 1. The molecule has 0 radical (unpaired) electrons. The van der Waals surface area contributed by atoms with Crippen molar-refractivity contribution in [1.29, 1.82) is 0 Å². The summed E-state index contributed by atoms with van der Waals surface area (Å²) in [6, 6.07) is 8.73. The topological polar surface area (TPSA) is 143 Å². The number of ether oxygens (including phenoxy) is 2. The van der Waals surface area contributed by atoms with Gasteiger partial charge in [-0.3, -0.25) is 14.8 Å². The number of nitrogens with one attached hydrogen (secondary N) is 1. The number of aromatic nitrogens is 4. The zero-order valence-electron chi connectivity index (χ0n) is 23.9. The molecule has 1 amide bonds. The van der Waals surface area contributed by atoms with Crippen molar-refractivity contribution in [1.82, 2.24) is 25.1 Å². The maximum Gasteiger partial charge on any atom is 0.223 e. The van der Waals surface area contributed by atoms with Crippen molar-refractivity contribution in [3.63, 3.8) is 0 Å². The lowest BCUT2D eigenvalue weighted by Gasteiger charge is -2.31. The Morgan fingerprint density at radius 1 is 1.19 bits per heavy atom. The highest BCUT2D eigenvalue weighted by molar-refractivity contribution is 5.96. The van der Waals surface area contributed by atoms with Gasteiger partial charge >= 0.3 is 0 Å². The summed E-state index contributed by atoms with van der Waals surface area (Å²) in [5.41, 5.74) is 6.07. The van der Waals surface area contributed by atoms with Crippen LogP contribution in [-0.2, 0) is 11.2 Å². The number of piperidine rings is 1. The largest absolute Gasteiger partial charge is 0.493 e. The van der Waals surface area contributed by atoms with Gasteiger partial charge in [-0.2, -0.15) is 5.10 Å². The van der Waals surface area contributed by atoms with Crippen LogP contribution < -0.4 is 20.1 Å². The normalized spacial score (nSPS) is 14.2. The average Bonchev–Trinajstić information content (AvgIpc) is 3.45. The van der Waals surface area contributed by atoms with Gasteiger partial charge in [-0.1, -0.05) is 6.07 Å². The Hall–Kier alpha value is -4.36. The van der Waals surface area contributed by atoms with E-state index in [1.54, 1.807) is 12.1 Å². The van der Waals surface area contributed by atoms with Crippen LogP contribution in [0.15, 0.2) is 42.7 Å². The number of halogens is 2. The molecule has 2 aromatic heterocycles. The smallest absolute Gasteiger partial charge is 0.223 e. The molecule has 0 aliphatic carbocycles. The van der Waals surface area contributed by atoms with Gasteiger partial charge < -0.3 is 25.2 Å². The maximum absolute atomic E-state index is 15.2. The van der Waals surface area contributed by atoms with Crippen molar-refractivity contribution in [2.45, 2.75) is 32.1 Å². The quantitative estimate of drug-likeness (QED) is 0.196. The van der Waals surface area contributed by atoms with Crippen LogP contribution in [0.5, 0.6) is 11.5 Å². The van der Waals surface area contributed by atoms with Gasteiger partial charge in [0.15, 0.2) is 29.0 Å². The van der Waals surface area contributed by atoms with Crippen LogP contribution in [0.4, 0.5) is 26.1 Å². The van der Waals surface area contributed by atoms with E-state index in [4.69, 9.17) is 15.2 Å². The van der Waals surface area contributed by atoms with Crippen LogP contribution >= 0.6 is 0 Å². The lowest BCUT2D eigenvalue weighted by molar-refractivity contribution is -0.117. The van der Waals surface area contributed by atoms with Crippen LogP contribution in [0.1, 0.15) is 31.4 Å². The van der Waals surface area contributed by atoms with E-state index >= 15 is 4.39 Å². The summed E-state index contributed by atoms with van der Waals surface area (Å²) >= 11 is 0. The van der Waals surface area contributed by atoms with Crippen LogP contribution in [0.25, 0.3) is 10.9 Å². The molecule has 1 aliphatic rings. The number of primary amides is 1. The number of hydrogen-bond acceptors (Lipinski definition) is 9. The summed E-state index contributed by atoms with van der Waals surface area (Å²) < 4.78 is 41.3. The molecule has 5 rings (SSSR count). The highest BCUT2D eigenvalue weighted by Gasteiger charge is 2.25. The Bertz CT molecular complexity index is 1560. The molecule has 0 bridgehead atoms. The minimum absolute atomic E-state index is 0.118. The molecule has 228 valence electrons. The molecule has 4 aromatic rings. The number of carbonyl (C=O) groups excluding carboxylic acids is 1. The number of nitrogens with two attached hydrogens (primary N) is 1. The predicted molar refractivity (Wildman–Crippen MR) is 157 cm³/mol. The van der Waals surface area contributed by atoms with Gasteiger partial charge in [-0.25, -0.2) is 18.7 Å². The maximum atomic E-state index is 15.2. The molecule has 3 heterocycles. The molecule has 43 heavy (non-hydrogen) atoms. The van der Waals surface area contributed by atoms with Gasteiger partial charge in [0.05, 0.1) is 31.3 Å². The monoisotopic (exact) mass is 595 g/mol. The Morgan fingerprint density at radius 2 is 2.00 bits per heavy atom. The van der Waals surface area contributed by atoms with Crippen molar-refractivity contribution >= 4 is 34.1 Å². The standard InChI is InChI=1S/C30H35F2N7O4/c1-42-25-16-21-23(17-26(25)43-13-3-9-38-10-6-19(7-11-38)8-12-40)34-18-35-30(21)39(24-5-2-4-22(31)29(24)32)28-15-20(36-37-28)14-27(33)41/h2,4-5,15-19,40H,3,6-14H2,1H3,(H2,33,41)(H,36,37). The molecule has 13 heteroatoms. The highest BCUT2D eigenvalue weighted by Crippen LogP contribution is 2.41. The number of nitrogens with zero attached hydrogens (tertiary/aromatic N) is 5. The van der Waals surface area contributed by atoms with E-state index in [2.05, 4.69) is 25.1 Å². The van der Waals surface area contributed by atoms with Crippen molar-refractivity contribution in [2.24, 2.45) is 11.7 Å². The fourth-order valence-corrected chi connectivity index (χ4v) is 5.41. The Labute approximate surface area is 247 Å². The van der Waals surface area contributed by atoms with E-state index in [1.807, 2.05) is 0 Å². The number of rotatable bonds is 13. The van der Waals surface area contributed by atoms with E-state index in [9.17, 15) is 14.3 Å². The van der Waals surface area contributed by atoms with E-state index in [0.717, 1.165) is 51.4 Å². The third-order valence-electron chi connectivity index (χ3n) is 7.62. The van der Waals surface area contributed by atoms with Gasteiger partial charge in [-0.05, 0) is 62.9 Å². The molecule has 0 unspecified atom stereocenters. The first-order valence-corrected chi connectivity index (χ1v) is 14.2. The van der Waals surface area contributed by atoms with Crippen LogP contribution in [0.2, 0.25) is 0 Å². The molecule has 1 saturated heterocycles. The Kier molecular flexibility index (Phi) is 9.62. The molecule has 0 saturated carbocycles. The number of benzene rings is 2. The van der Waals surface area contributed by atoms with Gasteiger partial charge in [0.25, 0.3) is 0 Å². The Morgan fingerprint density at radius 3 is 2.74 bits per heavy atom. The summed E-state index contributed by atoms with van der Waals surface area (Å²) in [4.78, 5) is 24.0. The lowest BCUT2D eigenvalue weighted by Crippen LogP contribution is -2.35. The first-order chi connectivity index (χ1) is 20.9. The first-order valence-electron chi connectivity index (χ1n) is 14.2. The van der Waals surface area contributed by atoms with E-state index < -0.39 is 17.5 Å². The number of hydrogen-bond donors (Lipinski definition) is 3. The molecular formula is C30H35F2N7O4. The van der Waals surface area contributed by atoms with Gasteiger partial charge in [0.2, 0.25) is 5.91 Å². The molecule has 4 N–H and O–H groups in total. The fourth-order valence-electron chi connectivity index (χ4n) is 5.41.